The molecule has 2 aliphatic heterocycles. The number of hydrogen-bond donors (Lipinski definition) is 1. The van der Waals surface area contributed by atoms with Gasteiger partial charge in [-0.25, -0.2) is 9.18 Å². The van der Waals surface area contributed by atoms with Crippen molar-refractivity contribution in [3.8, 4) is 0 Å². The van der Waals surface area contributed by atoms with Crippen molar-refractivity contribution in [2.45, 2.75) is 43.7 Å². The molecule has 6 nitrogen and oxygen atoms in total. The number of carboxylic acids is 1. The normalized spacial score (nSPS) is 19.4. The Morgan fingerprint density at radius 3 is 3.00 bits per heavy atom. The number of carboxylic acid groups (broad SMARTS) is 1. The van der Waals surface area contributed by atoms with E-state index in [0.29, 0.717) is 35.9 Å². The van der Waals surface area contributed by atoms with Crippen molar-refractivity contribution in [3.05, 3.63) is 38.3 Å². The van der Waals surface area contributed by atoms with Gasteiger partial charge in [-0.15, -0.1) is 11.8 Å². The summed E-state index contributed by atoms with van der Waals surface area (Å²) in [6.07, 6.45) is 2.10. The Bertz CT molecular complexity index is 986. The fourth-order valence-corrected chi connectivity index (χ4v) is 4.90. The van der Waals surface area contributed by atoms with Gasteiger partial charge in [0.2, 0.25) is 5.43 Å². The fraction of sp³-hybridized carbons (Fsp3) is 0.444. The maximum atomic E-state index is 14.8. The van der Waals surface area contributed by atoms with Crippen molar-refractivity contribution < 1.29 is 23.8 Å². The first-order chi connectivity index (χ1) is 13.0. The van der Waals surface area contributed by atoms with Crippen LogP contribution in [0.3, 0.4) is 0 Å². The minimum absolute atomic E-state index is 0.0105. The molecule has 0 amide bonds. The van der Waals surface area contributed by atoms with E-state index in [-0.39, 0.29) is 28.1 Å². The van der Waals surface area contributed by atoms with Crippen LogP contribution in [0.15, 0.2) is 15.9 Å². The SMILES string of the molecule is O=C(O)c1c2n(c3cc(Cl)c(F)c(COC4CCCCO4)c3c1=O)CCS2. The van der Waals surface area contributed by atoms with Gasteiger partial charge < -0.3 is 19.1 Å². The van der Waals surface area contributed by atoms with Gasteiger partial charge in [-0.1, -0.05) is 11.6 Å². The number of aryl methyl sites for hydroxylation is 1. The Morgan fingerprint density at radius 1 is 1.48 bits per heavy atom. The number of pyridine rings is 1. The molecule has 2 aliphatic rings. The van der Waals surface area contributed by atoms with E-state index in [9.17, 15) is 19.1 Å². The molecular weight excluding hydrogens is 397 g/mol. The minimum atomic E-state index is -1.32. The summed E-state index contributed by atoms with van der Waals surface area (Å²) in [7, 11) is 0. The van der Waals surface area contributed by atoms with E-state index in [1.165, 1.54) is 17.8 Å². The highest BCUT2D eigenvalue weighted by atomic mass is 35.5. The number of hydrogen-bond acceptors (Lipinski definition) is 5. The summed E-state index contributed by atoms with van der Waals surface area (Å²) in [5, 5.41) is 9.81. The molecule has 27 heavy (non-hydrogen) atoms. The summed E-state index contributed by atoms with van der Waals surface area (Å²) in [6, 6.07) is 1.38. The Kier molecular flexibility index (Phi) is 5.15. The van der Waals surface area contributed by atoms with Crippen molar-refractivity contribution in [1.29, 1.82) is 0 Å². The molecule has 0 spiro atoms. The Morgan fingerprint density at radius 2 is 2.30 bits per heavy atom. The van der Waals surface area contributed by atoms with Crippen LogP contribution in [-0.2, 0) is 22.6 Å². The van der Waals surface area contributed by atoms with Gasteiger partial charge in [0.1, 0.15) is 11.4 Å². The van der Waals surface area contributed by atoms with E-state index in [4.69, 9.17) is 21.1 Å². The highest BCUT2D eigenvalue weighted by Gasteiger charge is 2.29. The third kappa shape index (κ3) is 3.24. The molecule has 144 valence electrons. The fourth-order valence-electron chi connectivity index (χ4n) is 3.55. The first-order valence-corrected chi connectivity index (χ1v) is 10.0. The van der Waals surface area contributed by atoms with Crippen molar-refractivity contribution in [3.63, 3.8) is 0 Å². The zero-order valence-electron chi connectivity index (χ0n) is 14.3. The number of aromatic nitrogens is 1. The lowest BCUT2D eigenvalue weighted by molar-refractivity contribution is -0.169. The molecule has 1 saturated heterocycles. The van der Waals surface area contributed by atoms with Crippen LogP contribution < -0.4 is 5.43 Å². The Labute approximate surface area is 163 Å². The monoisotopic (exact) mass is 413 g/mol. The van der Waals surface area contributed by atoms with E-state index in [2.05, 4.69) is 0 Å². The second kappa shape index (κ2) is 7.43. The van der Waals surface area contributed by atoms with Crippen molar-refractivity contribution in [2.75, 3.05) is 12.4 Å². The molecular formula is C18H17ClFNO5S. The molecule has 0 radical (unpaired) electrons. The molecule has 1 aromatic heterocycles. The topological polar surface area (TPSA) is 77.8 Å². The van der Waals surface area contributed by atoms with Crippen LogP contribution in [0.25, 0.3) is 10.9 Å². The molecule has 1 fully saturated rings. The quantitative estimate of drug-likeness (QED) is 0.824. The molecule has 9 heteroatoms. The zero-order chi connectivity index (χ0) is 19.1. The van der Waals surface area contributed by atoms with Gasteiger partial charge in [-0.2, -0.15) is 0 Å². The number of fused-ring (bicyclic) bond motifs is 3. The standard InChI is InChI=1S/C18H17ClFNO5S/c19-10-7-11-13(9(15(10)20)8-26-12-3-1-2-5-25-12)16(22)14(18(23)24)17-21(11)4-6-27-17/h7,12H,1-6,8H2,(H,23,24). The summed E-state index contributed by atoms with van der Waals surface area (Å²) in [4.78, 5) is 24.7. The third-order valence-electron chi connectivity index (χ3n) is 4.82. The van der Waals surface area contributed by atoms with Crippen LogP contribution in [0.2, 0.25) is 5.02 Å². The molecule has 0 saturated carbocycles. The molecule has 3 heterocycles. The van der Waals surface area contributed by atoms with Crippen molar-refractivity contribution >= 4 is 40.2 Å². The van der Waals surface area contributed by atoms with Gasteiger partial charge in [-0.3, -0.25) is 4.79 Å². The van der Waals surface area contributed by atoms with Gasteiger partial charge in [0.15, 0.2) is 6.29 Å². The molecule has 1 unspecified atom stereocenters. The molecule has 4 rings (SSSR count). The summed E-state index contributed by atoms with van der Waals surface area (Å²) < 4.78 is 27.7. The molecule has 1 aromatic carbocycles. The summed E-state index contributed by atoms with van der Waals surface area (Å²) in [5.41, 5.74) is -0.635. The zero-order valence-corrected chi connectivity index (χ0v) is 15.9. The first-order valence-electron chi connectivity index (χ1n) is 8.65. The van der Waals surface area contributed by atoms with Crippen LogP contribution in [0, 0.1) is 5.82 Å². The third-order valence-corrected chi connectivity index (χ3v) is 6.18. The van der Waals surface area contributed by atoms with Crippen LogP contribution >= 0.6 is 23.4 Å². The van der Waals surface area contributed by atoms with E-state index in [0.717, 1.165) is 12.8 Å². The van der Waals surface area contributed by atoms with Gasteiger partial charge >= 0.3 is 5.97 Å². The first kappa shape index (κ1) is 18.7. The van der Waals surface area contributed by atoms with Crippen molar-refractivity contribution in [1.82, 2.24) is 4.57 Å². The number of nitrogens with zero attached hydrogens (tertiary/aromatic N) is 1. The number of ether oxygens (including phenoxy) is 2. The maximum absolute atomic E-state index is 14.8. The van der Waals surface area contributed by atoms with Crippen LogP contribution in [0.4, 0.5) is 4.39 Å². The Balaban J connectivity index is 1.89. The number of halogens is 2. The minimum Gasteiger partial charge on any atom is -0.477 e. The number of thioether (sulfide) groups is 1. The van der Waals surface area contributed by atoms with Gasteiger partial charge in [-0.05, 0) is 25.3 Å². The maximum Gasteiger partial charge on any atom is 0.342 e. The number of carbonyl (C=O) groups is 1. The van der Waals surface area contributed by atoms with Gasteiger partial charge in [0.25, 0.3) is 0 Å². The molecule has 1 N–H and O–H groups in total. The van der Waals surface area contributed by atoms with E-state index < -0.39 is 23.5 Å². The van der Waals surface area contributed by atoms with E-state index in [1.807, 2.05) is 0 Å². The lowest BCUT2D eigenvalue weighted by atomic mass is 10.0. The molecule has 0 aliphatic carbocycles. The number of aromatic carboxylic acids is 1. The molecule has 0 bridgehead atoms. The predicted molar refractivity (Wildman–Crippen MR) is 99.2 cm³/mol. The average molecular weight is 414 g/mol. The van der Waals surface area contributed by atoms with E-state index >= 15 is 0 Å². The molecule has 2 aromatic rings. The summed E-state index contributed by atoms with van der Waals surface area (Å²) >= 11 is 7.37. The predicted octanol–water partition coefficient (Wildman–Crippen LogP) is 3.64. The van der Waals surface area contributed by atoms with Crippen LogP contribution in [-0.4, -0.2) is 34.3 Å². The lowest BCUT2D eigenvalue weighted by Gasteiger charge is -2.23. The van der Waals surface area contributed by atoms with Crippen LogP contribution in [0.1, 0.15) is 35.2 Å². The highest BCUT2D eigenvalue weighted by molar-refractivity contribution is 7.99. The second-order valence-electron chi connectivity index (χ2n) is 6.47. The summed E-state index contributed by atoms with van der Waals surface area (Å²) in [5.74, 6) is -1.45. The van der Waals surface area contributed by atoms with Crippen molar-refractivity contribution in [2.24, 2.45) is 0 Å². The lowest BCUT2D eigenvalue weighted by Crippen LogP contribution is -2.24. The summed E-state index contributed by atoms with van der Waals surface area (Å²) in [6.45, 7) is 0.874. The number of rotatable bonds is 4. The van der Waals surface area contributed by atoms with Crippen LogP contribution in [0.5, 0.6) is 0 Å². The highest BCUT2D eigenvalue weighted by Crippen LogP contribution is 2.35. The smallest absolute Gasteiger partial charge is 0.342 e. The Hall–Kier alpha value is -1.61. The molecule has 1 atom stereocenters. The largest absolute Gasteiger partial charge is 0.477 e. The second-order valence-corrected chi connectivity index (χ2v) is 7.96. The van der Waals surface area contributed by atoms with Gasteiger partial charge in [0.05, 0.1) is 27.6 Å². The van der Waals surface area contributed by atoms with Gasteiger partial charge in [0, 0.05) is 24.5 Å². The van der Waals surface area contributed by atoms with E-state index in [1.54, 1.807) is 4.57 Å². The number of benzene rings is 1. The average Bonchev–Trinajstić information content (AvgIpc) is 3.12.